The van der Waals surface area contributed by atoms with E-state index in [-0.39, 0.29) is 18.1 Å². The average molecular weight is 370 g/mol. The molecule has 1 heterocycles. The Bertz CT molecular complexity index is 771. The lowest BCUT2D eigenvalue weighted by molar-refractivity contribution is 0.265. The molecule has 2 rings (SSSR count). The van der Waals surface area contributed by atoms with Crippen LogP contribution in [0.5, 0.6) is 0 Å². The molecule has 0 amide bonds. The van der Waals surface area contributed by atoms with Gasteiger partial charge >= 0.3 is 0 Å². The molecule has 0 aliphatic carbocycles. The van der Waals surface area contributed by atoms with Gasteiger partial charge in [0, 0.05) is 44.4 Å². The van der Waals surface area contributed by atoms with Crippen LogP contribution in [0.15, 0.2) is 58.3 Å². The van der Waals surface area contributed by atoms with Crippen LogP contribution in [0.3, 0.4) is 0 Å². The summed E-state index contributed by atoms with van der Waals surface area (Å²) < 4.78 is 1.80. The van der Waals surface area contributed by atoms with Gasteiger partial charge in [-0.05, 0) is 31.4 Å². The van der Waals surface area contributed by atoms with Crippen molar-refractivity contribution in [2.24, 2.45) is 4.99 Å². The van der Waals surface area contributed by atoms with Gasteiger partial charge in [-0.2, -0.15) is 0 Å². The van der Waals surface area contributed by atoms with Crippen LogP contribution in [0.25, 0.3) is 0 Å². The van der Waals surface area contributed by atoms with Crippen LogP contribution in [-0.4, -0.2) is 42.4 Å². The van der Waals surface area contributed by atoms with Crippen molar-refractivity contribution in [3.05, 3.63) is 70.1 Å². The Labute approximate surface area is 161 Å². The Hall–Kier alpha value is -2.60. The number of benzene rings is 1. The van der Waals surface area contributed by atoms with Gasteiger partial charge in [-0.1, -0.05) is 36.4 Å². The Morgan fingerprint density at radius 3 is 2.56 bits per heavy atom. The number of nitrogens with one attached hydrogen (secondary N) is 2. The molecule has 0 bridgehead atoms. The first-order valence-electron chi connectivity index (χ1n) is 9.42. The Balaban J connectivity index is 1.72. The molecule has 3 N–H and O–H groups in total. The first-order valence-corrected chi connectivity index (χ1v) is 9.42. The minimum Gasteiger partial charge on any atom is -0.396 e. The van der Waals surface area contributed by atoms with Crippen molar-refractivity contribution in [1.29, 1.82) is 0 Å². The predicted molar refractivity (Wildman–Crippen MR) is 110 cm³/mol. The molecular formula is C21H30N4O2. The van der Waals surface area contributed by atoms with Crippen molar-refractivity contribution in [3.63, 3.8) is 0 Å². The van der Waals surface area contributed by atoms with Gasteiger partial charge in [0.25, 0.3) is 5.56 Å². The molecule has 1 atom stereocenters. The van der Waals surface area contributed by atoms with E-state index in [2.05, 4.69) is 15.6 Å². The molecule has 0 saturated carbocycles. The highest BCUT2D eigenvalue weighted by Crippen LogP contribution is 2.13. The first kappa shape index (κ1) is 20.7. The molecule has 0 fully saturated rings. The Kier molecular flexibility index (Phi) is 8.58. The van der Waals surface area contributed by atoms with Gasteiger partial charge in [0.05, 0.1) is 6.61 Å². The van der Waals surface area contributed by atoms with Gasteiger partial charge in [-0.15, -0.1) is 0 Å². The molecule has 0 radical (unpaired) electrons. The van der Waals surface area contributed by atoms with E-state index >= 15 is 0 Å². The molecule has 6 heteroatoms. The number of hydrogen-bond donors (Lipinski definition) is 3. The van der Waals surface area contributed by atoms with E-state index in [0.717, 1.165) is 43.1 Å². The lowest BCUT2D eigenvalue weighted by atomic mass is 10.0. The highest BCUT2D eigenvalue weighted by atomic mass is 16.3. The third-order valence-electron chi connectivity index (χ3n) is 4.60. The zero-order chi connectivity index (χ0) is 19.5. The molecule has 1 aromatic carbocycles. The minimum atomic E-state index is 0.0256. The molecule has 6 nitrogen and oxygen atoms in total. The standard InChI is InChI=1S/C21H30N4O2/c1-17-9-8-12-20(27)25(17)14-7-6-13-23-21(22-2)24-15-19(16-26)18-10-4-3-5-11-18/h3-5,8-12,19,26H,6-7,13-16H2,1-2H3,(H2,22,23,24). The maximum atomic E-state index is 11.9. The molecule has 1 unspecified atom stereocenters. The van der Waals surface area contributed by atoms with Gasteiger partial charge in [0.1, 0.15) is 0 Å². The molecule has 1 aromatic heterocycles. The second-order valence-electron chi connectivity index (χ2n) is 6.53. The molecule has 0 saturated heterocycles. The highest BCUT2D eigenvalue weighted by Gasteiger charge is 2.10. The lowest BCUT2D eigenvalue weighted by Gasteiger charge is -2.18. The molecule has 0 spiro atoms. The molecule has 0 aliphatic rings. The number of hydrogen-bond acceptors (Lipinski definition) is 3. The van der Waals surface area contributed by atoms with Crippen LogP contribution in [0, 0.1) is 6.92 Å². The summed E-state index contributed by atoms with van der Waals surface area (Å²) in [5.41, 5.74) is 2.15. The predicted octanol–water partition coefficient (Wildman–Crippen LogP) is 1.88. The van der Waals surface area contributed by atoms with Crippen molar-refractivity contribution in [2.45, 2.75) is 32.2 Å². The normalized spacial score (nSPS) is 12.6. The number of unbranched alkanes of at least 4 members (excludes halogenated alkanes) is 1. The minimum absolute atomic E-state index is 0.0256. The van der Waals surface area contributed by atoms with Crippen LogP contribution in [0.2, 0.25) is 0 Å². The summed E-state index contributed by atoms with van der Waals surface area (Å²) in [5.74, 6) is 0.745. The number of aliphatic hydroxyl groups excluding tert-OH is 1. The van der Waals surface area contributed by atoms with Gasteiger partial charge in [-0.3, -0.25) is 9.79 Å². The average Bonchev–Trinajstić information content (AvgIpc) is 2.69. The fourth-order valence-electron chi connectivity index (χ4n) is 2.97. The zero-order valence-corrected chi connectivity index (χ0v) is 16.2. The number of aromatic nitrogens is 1. The van der Waals surface area contributed by atoms with Crippen molar-refractivity contribution >= 4 is 5.96 Å². The van der Waals surface area contributed by atoms with Crippen LogP contribution in [0.4, 0.5) is 0 Å². The summed E-state index contributed by atoms with van der Waals surface area (Å²) in [7, 11) is 1.73. The Morgan fingerprint density at radius 1 is 1.11 bits per heavy atom. The van der Waals surface area contributed by atoms with E-state index in [1.807, 2.05) is 43.3 Å². The van der Waals surface area contributed by atoms with E-state index in [4.69, 9.17) is 0 Å². The third kappa shape index (κ3) is 6.57. The molecule has 27 heavy (non-hydrogen) atoms. The monoisotopic (exact) mass is 370 g/mol. The fraction of sp³-hybridized carbons (Fsp3) is 0.429. The van der Waals surface area contributed by atoms with Crippen LogP contribution in [-0.2, 0) is 6.54 Å². The number of pyridine rings is 1. The van der Waals surface area contributed by atoms with Crippen LogP contribution in [0.1, 0.15) is 30.0 Å². The maximum absolute atomic E-state index is 11.9. The maximum Gasteiger partial charge on any atom is 0.250 e. The van der Waals surface area contributed by atoms with Crippen LogP contribution >= 0.6 is 0 Å². The number of nitrogens with zero attached hydrogens (tertiary/aromatic N) is 2. The van der Waals surface area contributed by atoms with Crippen molar-refractivity contribution in [2.75, 3.05) is 26.7 Å². The number of aliphatic hydroxyl groups is 1. The van der Waals surface area contributed by atoms with E-state index in [0.29, 0.717) is 6.54 Å². The van der Waals surface area contributed by atoms with Crippen LogP contribution < -0.4 is 16.2 Å². The van der Waals surface area contributed by atoms with E-state index < -0.39 is 0 Å². The van der Waals surface area contributed by atoms with Crippen molar-refractivity contribution < 1.29 is 5.11 Å². The SMILES string of the molecule is CN=C(NCCCCn1c(C)cccc1=O)NCC(CO)c1ccccc1. The lowest BCUT2D eigenvalue weighted by Crippen LogP contribution is -2.40. The summed E-state index contributed by atoms with van der Waals surface area (Å²) in [4.78, 5) is 16.1. The summed E-state index contributed by atoms with van der Waals surface area (Å²) in [6.45, 7) is 4.14. The quantitative estimate of drug-likeness (QED) is 0.358. The fourth-order valence-corrected chi connectivity index (χ4v) is 2.97. The summed E-state index contributed by atoms with van der Waals surface area (Å²) in [6, 6.07) is 15.3. The van der Waals surface area contributed by atoms with Gasteiger partial charge < -0.3 is 20.3 Å². The van der Waals surface area contributed by atoms with E-state index in [9.17, 15) is 9.90 Å². The van der Waals surface area contributed by atoms with Gasteiger partial charge in [-0.25, -0.2) is 0 Å². The van der Waals surface area contributed by atoms with Crippen molar-refractivity contribution in [1.82, 2.24) is 15.2 Å². The second-order valence-corrected chi connectivity index (χ2v) is 6.53. The molecule has 2 aromatic rings. The highest BCUT2D eigenvalue weighted by molar-refractivity contribution is 5.79. The van der Waals surface area contributed by atoms with Gasteiger partial charge in [0.2, 0.25) is 0 Å². The summed E-state index contributed by atoms with van der Waals surface area (Å²) in [6.07, 6.45) is 1.85. The first-order chi connectivity index (χ1) is 13.2. The molecular weight excluding hydrogens is 340 g/mol. The number of guanidine groups is 1. The van der Waals surface area contributed by atoms with Crippen molar-refractivity contribution in [3.8, 4) is 0 Å². The van der Waals surface area contributed by atoms with E-state index in [1.54, 1.807) is 23.7 Å². The number of rotatable bonds is 9. The second kappa shape index (κ2) is 11.2. The zero-order valence-electron chi connectivity index (χ0n) is 16.2. The third-order valence-corrected chi connectivity index (χ3v) is 4.60. The number of aliphatic imine (C=N–C) groups is 1. The summed E-state index contributed by atoms with van der Waals surface area (Å²) in [5, 5.41) is 16.2. The van der Waals surface area contributed by atoms with Gasteiger partial charge in [0.15, 0.2) is 5.96 Å². The Morgan fingerprint density at radius 2 is 1.89 bits per heavy atom. The number of aryl methyl sites for hydroxylation is 1. The molecule has 146 valence electrons. The topological polar surface area (TPSA) is 78.7 Å². The summed E-state index contributed by atoms with van der Waals surface area (Å²) >= 11 is 0. The molecule has 0 aliphatic heterocycles. The largest absolute Gasteiger partial charge is 0.396 e. The van der Waals surface area contributed by atoms with E-state index in [1.165, 1.54) is 0 Å². The smallest absolute Gasteiger partial charge is 0.250 e.